The largest absolute Gasteiger partial charge is 0.369 e. The molecule has 2 fully saturated rings. The van der Waals surface area contributed by atoms with Gasteiger partial charge in [0, 0.05) is 37.9 Å². The van der Waals surface area contributed by atoms with Crippen molar-refractivity contribution in [2.24, 2.45) is 0 Å². The third-order valence-corrected chi connectivity index (χ3v) is 7.50. The van der Waals surface area contributed by atoms with Crippen LogP contribution in [0.15, 0.2) is 18.2 Å². The summed E-state index contributed by atoms with van der Waals surface area (Å²) < 4.78 is 23.1. The van der Waals surface area contributed by atoms with E-state index >= 15 is 0 Å². The van der Waals surface area contributed by atoms with E-state index in [0.29, 0.717) is 6.42 Å². The highest BCUT2D eigenvalue weighted by molar-refractivity contribution is 7.91. The molecule has 2 aliphatic heterocycles. The summed E-state index contributed by atoms with van der Waals surface area (Å²) in [6.45, 7) is 9.62. The Balaban J connectivity index is 1.54. The van der Waals surface area contributed by atoms with Gasteiger partial charge in [0.25, 0.3) is 0 Å². The summed E-state index contributed by atoms with van der Waals surface area (Å²) in [5, 5.41) is 2.92. The fourth-order valence-electron chi connectivity index (χ4n) is 3.82. The summed E-state index contributed by atoms with van der Waals surface area (Å²) in [5.41, 5.74) is 3.89. The van der Waals surface area contributed by atoms with Crippen LogP contribution in [-0.4, -0.2) is 69.0 Å². The molecule has 3 rings (SSSR count). The van der Waals surface area contributed by atoms with Crippen LogP contribution in [0.1, 0.15) is 24.5 Å². The van der Waals surface area contributed by atoms with Gasteiger partial charge in [-0.1, -0.05) is 12.1 Å². The number of rotatable bonds is 4. The standard InChI is InChI=1S/C19H29N3O3S/c1-14-5-4-6-18(15(14)2)22-10-8-21(9-11-22)16(3)19(23)20-17-7-12-26(24,25)13-17/h4-6,16-17H,7-13H2,1-3H3,(H,20,23). The zero-order chi connectivity index (χ0) is 18.9. The van der Waals surface area contributed by atoms with Gasteiger partial charge >= 0.3 is 0 Å². The number of benzene rings is 1. The lowest BCUT2D eigenvalue weighted by Gasteiger charge is -2.39. The van der Waals surface area contributed by atoms with Crippen LogP contribution in [0.4, 0.5) is 5.69 Å². The first-order valence-electron chi connectivity index (χ1n) is 9.33. The molecule has 1 aromatic carbocycles. The Morgan fingerprint density at radius 1 is 1.19 bits per heavy atom. The van der Waals surface area contributed by atoms with Gasteiger partial charge in [-0.15, -0.1) is 0 Å². The molecule has 1 aromatic rings. The van der Waals surface area contributed by atoms with Gasteiger partial charge in [-0.25, -0.2) is 8.42 Å². The van der Waals surface area contributed by atoms with Crippen molar-refractivity contribution in [2.45, 2.75) is 39.3 Å². The average Bonchev–Trinajstić information content (AvgIpc) is 2.95. The molecule has 0 aromatic heterocycles. The summed E-state index contributed by atoms with van der Waals surface area (Å²) in [4.78, 5) is 17.1. The number of carbonyl (C=O) groups is 1. The van der Waals surface area contributed by atoms with Crippen molar-refractivity contribution in [1.29, 1.82) is 0 Å². The third-order valence-electron chi connectivity index (χ3n) is 5.74. The van der Waals surface area contributed by atoms with Crippen LogP contribution in [0.3, 0.4) is 0 Å². The second kappa shape index (κ2) is 7.56. The molecule has 2 heterocycles. The Labute approximate surface area is 156 Å². The molecular weight excluding hydrogens is 350 g/mol. The van der Waals surface area contributed by atoms with Crippen molar-refractivity contribution in [2.75, 3.05) is 42.6 Å². The van der Waals surface area contributed by atoms with E-state index in [1.54, 1.807) is 0 Å². The highest BCUT2D eigenvalue weighted by atomic mass is 32.2. The van der Waals surface area contributed by atoms with E-state index in [2.05, 4.69) is 47.2 Å². The third kappa shape index (κ3) is 4.20. The fourth-order valence-corrected chi connectivity index (χ4v) is 5.50. The van der Waals surface area contributed by atoms with E-state index in [-0.39, 0.29) is 29.5 Å². The Morgan fingerprint density at radius 2 is 1.88 bits per heavy atom. The molecule has 1 N–H and O–H groups in total. The second-order valence-electron chi connectivity index (χ2n) is 7.53. The van der Waals surface area contributed by atoms with Crippen molar-refractivity contribution in [1.82, 2.24) is 10.2 Å². The number of sulfone groups is 1. The van der Waals surface area contributed by atoms with Crippen LogP contribution in [0.25, 0.3) is 0 Å². The number of nitrogens with one attached hydrogen (secondary N) is 1. The maximum atomic E-state index is 12.5. The van der Waals surface area contributed by atoms with E-state index < -0.39 is 9.84 Å². The summed E-state index contributed by atoms with van der Waals surface area (Å²) in [7, 11) is -2.97. The predicted octanol–water partition coefficient (Wildman–Crippen LogP) is 1.12. The van der Waals surface area contributed by atoms with Gasteiger partial charge < -0.3 is 10.2 Å². The van der Waals surface area contributed by atoms with E-state index in [1.165, 1.54) is 16.8 Å². The van der Waals surface area contributed by atoms with Gasteiger partial charge in [-0.05, 0) is 44.4 Å². The first kappa shape index (κ1) is 19.2. The molecule has 2 aliphatic rings. The van der Waals surface area contributed by atoms with E-state index in [1.807, 2.05) is 6.92 Å². The Hall–Kier alpha value is -1.60. The van der Waals surface area contributed by atoms with Crippen LogP contribution >= 0.6 is 0 Å². The lowest BCUT2D eigenvalue weighted by Crippen LogP contribution is -2.55. The quantitative estimate of drug-likeness (QED) is 0.849. The summed E-state index contributed by atoms with van der Waals surface area (Å²) in [6.07, 6.45) is 0.529. The number of carbonyl (C=O) groups excluding carboxylic acids is 1. The molecule has 7 heteroatoms. The lowest BCUT2D eigenvalue weighted by atomic mass is 10.1. The fraction of sp³-hybridized carbons (Fsp3) is 0.632. The zero-order valence-electron chi connectivity index (χ0n) is 15.9. The number of aryl methyl sites for hydroxylation is 1. The summed E-state index contributed by atoms with van der Waals surface area (Å²) >= 11 is 0. The maximum Gasteiger partial charge on any atom is 0.237 e. The van der Waals surface area contributed by atoms with Gasteiger partial charge in [0.15, 0.2) is 9.84 Å². The SMILES string of the molecule is Cc1cccc(N2CCN(C(C)C(=O)NC3CCS(=O)(=O)C3)CC2)c1C. The first-order chi connectivity index (χ1) is 12.3. The van der Waals surface area contributed by atoms with Crippen molar-refractivity contribution in [3.8, 4) is 0 Å². The molecule has 0 aliphatic carbocycles. The number of amides is 1. The topological polar surface area (TPSA) is 69.7 Å². The molecule has 26 heavy (non-hydrogen) atoms. The highest BCUT2D eigenvalue weighted by Crippen LogP contribution is 2.24. The monoisotopic (exact) mass is 379 g/mol. The minimum Gasteiger partial charge on any atom is -0.369 e. The first-order valence-corrected chi connectivity index (χ1v) is 11.1. The number of anilines is 1. The summed E-state index contributed by atoms with van der Waals surface area (Å²) in [6, 6.07) is 5.92. The van der Waals surface area contributed by atoms with Crippen molar-refractivity contribution in [3.05, 3.63) is 29.3 Å². The van der Waals surface area contributed by atoms with Crippen LogP contribution in [-0.2, 0) is 14.6 Å². The molecule has 0 saturated carbocycles. The van der Waals surface area contributed by atoms with Crippen LogP contribution < -0.4 is 10.2 Å². The van der Waals surface area contributed by atoms with Crippen molar-refractivity contribution in [3.63, 3.8) is 0 Å². The number of piperazine rings is 1. The molecule has 2 saturated heterocycles. The Kier molecular flexibility index (Phi) is 5.58. The smallest absolute Gasteiger partial charge is 0.237 e. The van der Waals surface area contributed by atoms with E-state index in [9.17, 15) is 13.2 Å². The molecule has 1 amide bonds. The van der Waals surface area contributed by atoms with Crippen molar-refractivity contribution >= 4 is 21.4 Å². The van der Waals surface area contributed by atoms with Gasteiger partial charge in [-0.3, -0.25) is 9.69 Å². The van der Waals surface area contributed by atoms with Crippen LogP contribution in [0.2, 0.25) is 0 Å². The van der Waals surface area contributed by atoms with E-state index in [0.717, 1.165) is 26.2 Å². The molecule has 0 spiro atoms. The van der Waals surface area contributed by atoms with Gasteiger partial charge in [0.1, 0.15) is 0 Å². The summed E-state index contributed by atoms with van der Waals surface area (Å²) in [5.74, 6) is 0.194. The predicted molar refractivity (Wildman–Crippen MR) is 104 cm³/mol. The van der Waals surface area contributed by atoms with Gasteiger partial charge in [0.05, 0.1) is 17.5 Å². The minimum absolute atomic E-state index is 0.0627. The number of nitrogens with zero attached hydrogens (tertiary/aromatic N) is 2. The maximum absolute atomic E-state index is 12.5. The van der Waals surface area contributed by atoms with Crippen LogP contribution in [0.5, 0.6) is 0 Å². The van der Waals surface area contributed by atoms with Crippen LogP contribution in [0, 0.1) is 13.8 Å². The molecule has 0 radical (unpaired) electrons. The van der Waals surface area contributed by atoms with Crippen molar-refractivity contribution < 1.29 is 13.2 Å². The average molecular weight is 380 g/mol. The van der Waals surface area contributed by atoms with Gasteiger partial charge in [-0.2, -0.15) is 0 Å². The molecule has 2 unspecified atom stereocenters. The number of hydrogen-bond donors (Lipinski definition) is 1. The highest BCUT2D eigenvalue weighted by Gasteiger charge is 2.32. The van der Waals surface area contributed by atoms with Gasteiger partial charge in [0.2, 0.25) is 5.91 Å². The zero-order valence-corrected chi connectivity index (χ0v) is 16.7. The normalized spacial score (nSPS) is 24.4. The molecule has 2 atom stereocenters. The molecule has 6 nitrogen and oxygen atoms in total. The lowest BCUT2D eigenvalue weighted by molar-refractivity contribution is -0.126. The Bertz CT molecular complexity index is 770. The number of hydrogen-bond acceptors (Lipinski definition) is 5. The molecule has 144 valence electrons. The molecule has 0 bridgehead atoms. The van der Waals surface area contributed by atoms with E-state index in [4.69, 9.17) is 0 Å². The second-order valence-corrected chi connectivity index (χ2v) is 9.76. The Morgan fingerprint density at radius 3 is 2.50 bits per heavy atom. The minimum atomic E-state index is -2.97. The molecular formula is C19H29N3O3S.